The first-order valence-corrected chi connectivity index (χ1v) is 7.17. The fourth-order valence-electron chi connectivity index (χ4n) is 2.23. The van der Waals surface area contributed by atoms with Crippen molar-refractivity contribution in [2.24, 2.45) is 0 Å². The van der Waals surface area contributed by atoms with Crippen LogP contribution in [0, 0.1) is 0 Å². The van der Waals surface area contributed by atoms with Gasteiger partial charge in [0.2, 0.25) is 5.89 Å². The first-order valence-electron chi connectivity index (χ1n) is 7.17. The van der Waals surface area contributed by atoms with E-state index in [-0.39, 0.29) is 12.1 Å². The van der Waals surface area contributed by atoms with Gasteiger partial charge in [0.05, 0.1) is 6.54 Å². The molecule has 7 heteroatoms. The van der Waals surface area contributed by atoms with Gasteiger partial charge in [-0.2, -0.15) is 4.98 Å². The standard InChI is InChI=1S/C15H16N4O3/c1-19(15(21)13(20)11-6-3-7-16-8-11)9-12-17-14(22-18-12)10-4-2-5-10/h3,6-8,10H,2,4-5,9H2,1H3. The van der Waals surface area contributed by atoms with E-state index >= 15 is 0 Å². The molecule has 0 bridgehead atoms. The van der Waals surface area contributed by atoms with Crippen molar-refractivity contribution in [3.8, 4) is 0 Å². The second-order valence-corrected chi connectivity index (χ2v) is 5.41. The van der Waals surface area contributed by atoms with E-state index in [2.05, 4.69) is 15.1 Å². The van der Waals surface area contributed by atoms with Crippen LogP contribution in [-0.2, 0) is 11.3 Å². The molecule has 0 atom stereocenters. The van der Waals surface area contributed by atoms with E-state index in [1.807, 2.05) is 0 Å². The molecule has 1 saturated carbocycles. The van der Waals surface area contributed by atoms with Gasteiger partial charge in [0.15, 0.2) is 5.82 Å². The molecule has 0 aliphatic heterocycles. The second-order valence-electron chi connectivity index (χ2n) is 5.41. The molecule has 0 aromatic carbocycles. The predicted molar refractivity (Wildman–Crippen MR) is 75.9 cm³/mol. The molecular weight excluding hydrogens is 284 g/mol. The molecule has 0 saturated heterocycles. The van der Waals surface area contributed by atoms with Crippen LogP contribution in [0.4, 0.5) is 0 Å². The summed E-state index contributed by atoms with van der Waals surface area (Å²) in [5.41, 5.74) is 0.266. The Labute approximate surface area is 127 Å². The van der Waals surface area contributed by atoms with Gasteiger partial charge in [-0.25, -0.2) is 0 Å². The van der Waals surface area contributed by atoms with Gasteiger partial charge < -0.3 is 9.42 Å². The maximum absolute atomic E-state index is 12.1. The molecule has 3 rings (SSSR count). The molecular formula is C15H16N4O3. The van der Waals surface area contributed by atoms with Crippen molar-refractivity contribution in [1.82, 2.24) is 20.0 Å². The van der Waals surface area contributed by atoms with Crippen LogP contribution in [0.3, 0.4) is 0 Å². The molecule has 0 N–H and O–H groups in total. The van der Waals surface area contributed by atoms with E-state index < -0.39 is 11.7 Å². The smallest absolute Gasteiger partial charge is 0.295 e. The van der Waals surface area contributed by atoms with E-state index in [0.29, 0.717) is 17.6 Å². The minimum absolute atomic E-state index is 0.140. The lowest BCUT2D eigenvalue weighted by atomic mass is 9.85. The van der Waals surface area contributed by atoms with Crippen LogP contribution >= 0.6 is 0 Å². The van der Waals surface area contributed by atoms with Gasteiger partial charge in [0.1, 0.15) is 0 Å². The molecule has 1 amide bonds. The van der Waals surface area contributed by atoms with Crippen molar-refractivity contribution < 1.29 is 14.1 Å². The Hall–Kier alpha value is -2.57. The van der Waals surface area contributed by atoms with Crippen LogP contribution in [0.1, 0.15) is 47.3 Å². The van der Waals surface area contributed by atoms with Crippen molar-refractivity contribution in [1.29, 1.82) is 0 Å². The number of carbonyl (C=O) groups is 2. The van der Waals surface area contributed by atoms with Crippen LogP contribution in [-0.4, -0.2) is 38.8 Å². The highest BCUT2D eigenvalue weighted by molar-refractivity contribution is 6.42. The van der Waals surface area contributed by atoms with Crippen LogP contribution in [0.2, 0.25) is 0 Å². The Morgan fingerprint density at radius 1 is 1.41 bits per heavy atom. The normalized spacial score (nSPS) is 14.4. The number of aromatic nitrogens is 3. The Balaban J connectivity index is 1.63. The predicted octanol–water partition coefficient (Wildman–Crippen LogP) is 1.57. The van der Waals surface area contributed by atoms with Crippen LogP contribution in [0.5, 0.6) is 0 Å². The van der Waals surface area contributed by atoms with Crippen molar-refractivity contribution >= 4 is 11.7 Å². The highest BCUT2D eigenvalue weighted by atomic mass is 16.5. The molecule has 0 spiro atoms. The number of hydrogen-bond donors (Lipinski definition) is 0. The molecule has 2 aromatic rings. The first-order chi connectivity index (χ1) is 10.6. The largest absolute Gasteiger partial charge is 0.339 e. The molecule has 114 valence electrons. The number of Topliss-reactive ketones (excluding diaryl/α,β-unsaturated/α-hetero) is 1. The number of pyridine rings is 1. The lowest BCUT2D eigenvalue weighted by molar-refractivity contribution is -0.125. The molecule has 1 fully saturated rings. The average Bonchev–Trinajstić information content (AvgIpc) is 2.92. The van der Waals surface area contributed by atoms with E-state index in [0.717, 1.165) is 12.8 Å². The van der Waals surface area contributed by atoms with Gasteiger partial charge in [0, 0.05) is 30.9 Å². The van der Waals surface area contributed by atoms with Gasteiger partial charge in [0.25, 0.3) is 11.7 Å². The third-order valence-corrected chi connectivity index (χ3v) is 3.78. The van der Waals surface area contributed by atoms with E-state index in [1.165, 1.54) is 24.6 Å². The Kier molecular flexibility index (Phi) is 3.95. The Bertz CT molecular complexity index is 679. The Morgan fingerprint density at radius 2 is 2.23 bits per heavy atom. The van der Waals surface area contributed by atoms with Crippen molar-refractivity contribution in [2.45, 2.75) is 31.7 Å². The fourth-order valence-corrected chi connectivity index (χ4v) is 2.23. The second kappa shape index (κ2) is 6.05. The minimum atomic E-state index is -0.622. The van der Waals surface area contributed by atoms with Crippen LogP contribution in [0.15, 0.2) is 29.0 Å². The number of rotatable bonds is 5. The molecule has 2 aromatic heterocycles. The van der Waals surface area contributed by atoms with E-state index in [1.54, 1.807) is 18.3 Å². The van der Waals surface area contributed by atoms with Crippen LogP contribution in [0.25, 0.3) is 0 Å². The van der Waals surface area contributed by atoms with Crippen molar-refractivity contribution in [3.05, 3.63) is 41.8 Å². The average molecular weight is 300 g/mol. The Morgan fingerprint density at radius 3 is 2.86 bits per heavy atom. The van der Waals surface area contributed by atoms with Crippen molar-refractivity contribution in [2.75, 3.05) is 7.05 Å². The number of amides is 1. The summed E-state index contributed by atoms with van der Waals surface area (Å²) < 4.78 is 5.20. The number of hydrogen-bond acceptors (Lipinski definition) is 6. The number of likely N-dealkylation sites (N-methyl/N-ethyl adjacent to an activating group) is 1. The highest BCUT2D eigenvalue weighted by Crippen LogP contribution is 2.35. The van der Waals surface area contributed by atoms with E-state index in [4.69, 9.17) is 4.52 Å². The molecule has 0 unspecified atom stereocenters. The summed E-state index contributed by atoms with van der Waals surface area (Å²) in [6, 6.07) is 3.18. The summed E-state index contributed by atoms with van der Waals surface area (Å²) in [5, 5.41) is 3.87. The molecule has 2 heterocycles. The molecule has 1 aliphatic carbocycles. The first kappa shape index (κ1) is 14.4. The zero-order valence-electron chi connectivity index (χ0n) is 12.2. The van der Waals surface area contributed by atoms with Gasteiger partial charge in [-0.3, -0.25) is 14.6 Å². The summed E-state index contributed by atoms with van der Waals surface area (Å²) in [4.78, 5) is 33.6. The summed E-state index contributed by atoms with van der Waals surface area (Å²) in [5.74, 6) is 0.165. The van der Waals surface area contributed by atoms with Gasteiger partial charge in [-0.1, -0.05) is 11.6 Å². The quantitative estimate of drug-likeness (QED) is 0.615. The fraction of sp³-hybridized carbons (Fsp3) is 0.400. The summed E-state index contributed by atoms with van der Waals surface area (Å²) >= 11 is 0. The monoisotopic (exact) mass is 300 g/mol. The maximum atomic E-state index is 12.1. The lowest BCUT2D eigenvalue weighted by Gasteiger charge is -2.20. The number of ketones is 1. The van der Waals surface area contributed by atoms with Gasteiger partial charge in [-0.15, -0.1) is 0 Å². The lowest BCUT2D eigenvalue weighted by Crippen LogP contribution is -2.33. The topological polar surface area (TPSA) is 89.2 Å². The minimum Gasteiger partial charge on any atom is -0.339 e. The van der Waals surface area contributed by atoms with E-state index in [9.17, 15) is 9.59 Å². The summed E-state index contributed by atoms with van der Waals surface area (Å²) in [7, 11) is 1.54. The third-order valence-electron chi connectivity index (χ3n) is 3.78. The van der Waals surface area contributed by atoms with Crippen molar-refractivity contribution in [3.63, 3.8) is 0 Å². The van der Waals surface area contributed by atoms with Gasteiger partial charge in [-0.05, 0) is 25.0 Å². The molecule has 1 aliphatic rings. The highest BCUT2D eigenvalue weighted by Gasteiger charge is 2.26. The summed E-state index contributed by atoms with van der Waals surface area (Å²) in [6.07, 6.45) is 6.23. The molecule has 7 nitrogen and oxygen atoms in total. The maximum Gasteiger partial charge on any atom is 0.295 e. The zero-order chi connectivity index (χ0) is 15.5. The molecule has 22 heavy (non-hydrogen) atoms. The number of nitrogens with zero attached hydrogens (tertiary/aromatic N) is 4. The number of carbonyl (C=O) groups excluding carboxylic acids is 2. The SMILES string of the molecule is CN(Cc1noc(C2CCC2)n1)C(=O)C(=O)c1cccnc1. The molecule has 0 radical (unpaired) electrons. The van der Waals surface area contributed by atoms with Crippen LogP contribution < -0.4 is 0 Å². The summed E-state index contributed by atoms with van der Waals surface area (Å²) in [6.45, 7) is 0.140. The third kappa shape index (κ3) is 2.88. The van der Waals surface area contributed by atoms with Gasteiger partial charge >= 0.3 is 0 Å². The zero-order valence-corrected chi connectivity index (χ0v) is 12.2.